The molecule has 3 aromatic carbocycles. The molecule has 5 atom stereocenters. The van der Waals surface area contributed by atoms with Crippen LogP contribution in [0.3, 0.4) is 0 Å². The molecule has 7 rings (SSSR count). The molecule has 5 aromatic rings. The molecule has 1 unspecified atom stereocenters. The second kappa shape index (κ2) is 13.5. The van der Waals surface area contributed by atoms with Gasteiger partial charge >= 0.3 is 0 Å². The van der Waals surface area contributed by atoms with Crippen LogP contribution in [0.5, 0.6) is 0 Å². The number of hydrogen-bond acceptors (Lipinski definition) is 9. The molecule has 0 bridgehead atoms. The van der Waals surface area contributed by atoms with Crippen LogP contribution in [0.2, 0.25) is 0 Å². The summed E-state index contributed by atoms with van der Waals surface area (Å²) in [6.07, 6.45) is 4.59. The molecule has 2 aliphatic rings. The predicted octanol–water partition coefficient (Wildman–Crippen LogP) is 4.62. The number of ether oxygens (including phenoxy) is 3. The maximum atomic E-state index is 17.1. The van der Waals surface area contributed by atoms with Crippen molar-refractivity contribution in [1.82, 2.24) is 19.5 Å². The van der Waals surface area contributed by atoms with Gasteiger partial charge in [0.05, 0.1) is 20.0 Å². The zero-order valence-electron chi connectivity index (χ0n) is 26.8. The van der Waals surface area contributed by atoms with Gasteiger partial charge in [0.25, 0.3) is 5.56 Å². The zero-order valence-corrected chi connectivity index (χ0v) is 26.8. The molecular formula is C37H36FN5O6. The number of imidazole rings is 1. The Balaban J connectivity index is 1.40. The first-order valence-corrected chi connectivity index (χ1v) is 16.1. The van der Waals surface area contributed by atoms with E-state index in [1.165, 1.54) is 23.1 Å². The van der Waals surface area contributed by atoms with Gasteiger partial charge in [0.2, 0.25) is 11.6 Å². The summed E-state index contributed by atoms with van der Waals surface area (Å²) in [5, 5.41) is 11.8. The number of alkyl halides is 1. The summed E-state index contributed by atoms with van der Waals surface area (Å²) in [6, 6.07) is 29.1. The van der Waals surface area contributed by atoms with Crippen LogP contribution < -0.4 is 10.6 Å². The Morgan fingerprint density at radius 3 is 2.18 bits per heavy atom. The second-order valence-electron chi connectivity index (χ2n) is 12.0. The topological polar surface area (TPSA) is 124 Å². The SMILES string of the molecule is C#C[C@@]1(F)[C@H](OC2CCCCO2)[C@@H](CO)O[C@H]1n1cnc2c(=O)[nH]c(N(OC)C(c3ccccc3)(c3ccccc3)c3ccccc3)nc21. The molecule has 12 heteroatoms. The van der Waals surface area contributed by atoms with Crippen LogP contribution in [-0.4, -0.2) is 69.1 Å². The maximum absolute atomic E-state index is 17.1. The maximum Gasteiger partial charge on any atom is 0.280 e. The normalized spacial score (nSPS) is 24.1. The molecule has 252 valence electrons. The number of halogens is 1. The van der Waals surface area contributed by atoms with Gasteiger partial charge in [-0.2, -0.15) is 4.98 Å². The van der Waals surface area contributed by atoms with Crippen molar-refractivity contribution < 1.29 is 28.5 Å². The largest absolute Gasteiger partial charge is 0.394 e. The third-order valence-corrected chi connectivity index (χ3v) is 9.18. The molecule has 2 saturated heterocycles. The van der Waals surface area contributed by atoms with Crippen molar-refractivity contribution in [2.24, 2.45) is 0 Å². The number of anilines is 1. The minimum Gasteiger partial charge on any atom is -0.394 e. The molecule has 49 heavy (non-hydrogen) atoms. The zero-order chi connectivity index (χ0) is 34.0. The molecule has 2 fully saturated rings. The number of fused-ring (bicyclic) bond motifs is 1. The van der Waals surface area contributed by atoms with Crippen LogP contribution in [0.4, 0.5) is 10.3 Å². The van der Waals surface area contributed by atoms with Crippen LogP contribution in [0, 0.1) is 12.3 Å². The minimum absolute atomic E-state index is 0.00332. The molecule has 2 N–H and O–H groups in total. The lowest BCUT2D eigenvalue weighted by Gasteiger charge is -2.43. The Morgan fingerprint density at radius 1 is 1.06 bits per heavy atom. The number of aliphatic hydroxyl groups excluding tert-OH is 1. The van der Waals surface area contributed by atoms with E-state index in [-0.39, 0.29) is 17.1 Å². The number of nitrogens with zero attached hydrogens (tertiary/aromatic N) is 4. The number of nitrogens with one attached hydrogen (secondary N) is 1. The molecule has 0 spiro atoms. The van der Waals surface area contributed by atoms with Crippen LogP contribution in [-0.2, 0) is 24.6 Å². The fourth-order valence-electron chi connectivity index (χ4n) is 6.93. The number of terminal acetylenes is 1. The summed E-state index contributed by atoms with van der Waals surface area (Å²) in [5.74, 6) is 2.22. The van der Waals surface area contributed by atoms with E-state index in [1.807, 2.05) is 91.0 Å². The van der Waals surface area contributed by atoms with E-state index in [9.17, 15) is 9.90 Å². The predicted molar refractivity (Wildman–Crippen MR) is 179 cm³/mol. The number of aliphatic hydroxyl groups is 1. The van der Waals surface area contributed by atoms with Crippen molar-refractivity contribution in [3.63, 3.8) is 0 Å². The summed E-state index contributed by atoms with van der Waals surface area (Å²) in [7, 11) is 1.48. The van der Waals surface area contributed by atoms with E-state index in [2.05, 4.69) is 15.9 Å². The number of hydroxylamine groups is 1. The van der Waals surface area contributed by atoms with Crippen molar-refractivity contribution in [1.29, 1.82) is 0 Å². The first-order valence-electron chi connectivity index (χ1n) is 16.1. The first-order chi connectivity index (χ1) is 23.9. The second-order valence-corrected chi connectivity index (χ2v) is 12.0. The highest BCUT2D eigenvalue weighted by molar-refractivity contribution is 5.72. The highest BCUT2D eigenvalue weighted by atomic mass is 19.1. The van der Waals surface area contributed by atoms with Crippen LogP contribution in [0.25, 0.3) is 11.2 Å². The fraction of sp³-hybridized carbons (Fsp3) is 0.324. The van der Waals surface area contributed by atoms with Gasteiger partial charge in [0.15, 0.2) is 23.7 Å². The van der Waals surface area contributed by atoms with Gasteiger partial charge < -0.3 is 19.3 Å². The Bertz CT molecular complexity index is 1880. The van der Waals surface area contributed by atoms with Gasteiger partial charge in [-0.05, 0) is 36.0 Å². The summed E-state index contributed by atoms with van der Waals surface area (Å²) in [5.41, 5.74) is -2.02. The van der Waals surface area contributed by atoms with Crippen LogP contribution in [0.1, 0.15) is 42.2 Å². The highest BCUT2D eigenvalue weighted by Gasteiger charge is 2.60. The number of H-pyrrole nitrogens is 1. The molecule has 11 nitrogen and oxygen atoms in total. The van der Waals surface area contributed by atoms with Crippen molar-refractivity contribution >= 4 is 17.1 Å². The van der Waals surface area contributed by atoms with Gasteiger partial charge in [-0.3, -0.25) is 19.2 Å². The average Bonchev–Trinajstić information content (AvgIpc) is 3.70. The standard InChI is InChI=1S/C37H36FN5O6/c1-3-36(38)31(49-29-21-13-14-22-47-29)28(23-44)48-34(36)42-24-39-30-32(42)40-35(41-33(30)45)43(46-2)37(25-15-7-4-8-16-25,26-17-9-5-10-18-26)27-19-11-6-12-20-27/h1,4-12,15-20,24,28-29,31,34,44H,13-14,21-23H2,2H3,(H,40,41,45)/t28-,29?,31-,34-,36-/m1/s1. The van der Waals surface area contributed by atoms with Crippen LogP contribution >= 0.6 is 0 Å². The molecule has 0 radical (unpaired) electrons. The number of aromatic nitrogens is 4. The highest BCUT2D eigenvalue weighted by Crippen LogP contribution is 2.46. The fourth-order valence-corrected chi connectivity index (χ4v) is 6.93. The monoisotopic (exact) mass is 665 g/mol. The summed E-state index contributed by atoms with van der Waals surface area (Å²) in [4.78, 5) is 31.9. The third-order valence-electron chi connectivity index (χ3n) is 9.18. The lowest BCUT2D eigenvalue weighted by molar-refractivity contribution is -0.211. The quantitative estimate of drug-likeness (QED) is 0.125. The van der Waals surface area contributed by atoms with E-state index in [0.29, 0.717) is 13.0 Å². The van der Waals surface area contributed by atoms with E-state index in [0.717, 1.165) is 29.5 Å². The van der Waals surface area contributed by atoms with Crippen molar-refractivity contribution in [2.45, 2.75) is 55.2 Å². The van der Waals surface area contributed by atoms with Gasteiger partial charge in [-0.15, -0.1) is 6.42 Å². The molecule has 2 aromatic heterocycles. The average molecular weight is 666 g/mol. The summed E-state index contributed by atoms with van der Waals surface area (Å²) >= 11 is 0. The number of aromatic amines is 1. The third kappa shape index (κ3) is 5.50. The number of benzene rings is 3. The van der Waals surface area contributed by atoms with Crippen LogP contribution in [0.15, 0.2) is 102 Å². The Kier molecular flexibility index (Phi) is 9.02. The minimum atomic E-state index is -2.59. The van der Waals surface area contributed by atoms with Gasteiger partial charge in [-0.25, -0.2) is 14.4 Å². The van der Waals surface area contributed by atoms with Gasteiger partial charge in [-0.1, -0.05) is 96.9 Å². The van der Waals surface area contributed by atoms with Gasteiger partial charge in [0, 0.05) is 6.61 Å². The summed E-state index contributed by atoms with van der Waals surface area (Å²) in [6.45, 7) is -0.104. The Morgan fingerprint density at radius 2 is 1.67 bits per heavy atom. The number of rotatable bonds is 10. The first kappa shape index (κ1) is 32.6. The van der Waals surface area contributed by atoms with Crippen molar-refractivity contribution in [3.8, 4) is 12.3 Å². The van der Waals surface area contributed by atoms with E-state index >= 15 is 4.39 Å². The Hall–Kier alpha value is -4.90. The van der Waals surface area contributed by atoms with Crippen molar-refractivity contribution in [3.05, 3.63) is 124 Å². The van der Waals surface area contributed by atoms with Crippen molar-refractivity contribution in [2.75, 3.05) is 25.4 Å². The molecular weight excluding hydrogens is 629 g/mol. The Labute approximate surface area is 282 Å². The van der Waals surface area contributed by atoms with E-state index < -0.39 is 48.1 Å². The molecule has 0 aliphatic carbocycles. The molecule has 4 heterocycles. The molecule has 2 aliphatic heterocycles. The summed E-state index contributed by atoms with van der Waals surface area (Å²) < 4.78 is 36.1. The van der Waals surface area contributed by atoms with Gasteiger partial charge in [0.1, 0.15) is 17.7 Å². The van der Waals surface area contributed by atoms with E-state index in [4.69, 9.17) is 30.5 Å². The molecule has 0 amide bonds. The lowest BCUT2D eigenvalue weighted by atomic mass is 9.76. The lowest BCUT2D eigenvalue weighted by Crippen LogP contribution is -2.49. The smallest absolute Gasteiger partial charge is 0.280 e. The molecule has 0 saturated carbocycles. The van der Waals surface area contributed by atoms with E-state index in [1.54, 1.807) is 0 Å². The number of hydrogen-bond donors (Lipinski definition) is 2.